The summed E-state index contributed by atoms with van der Waals surface area (Å²) < 4.78 is 10.6. The third-order valence-electron chi connectivity index (χ3n) is 4.77. The third-order valence-corrected chi connectivity index (χ3v) is 6.11. The summed E-state index contributed by atoms with van der Waals surface area (Å²) in [7, 11) is 0. The fourth-order valence-corrected chi connectivity index (χ4v) is 4.47. The molecule has 2 aromatic rings. The largest absolute Gasteiger partial charge is 0.454 e. The molecule has 0 saturated heterocycles. The molecule has 0 saturated carbocycles. The predicted molar refractivity (Wildman–Crippen MR) is 101 cm³/mol. The molecule has 0 fully saturated rings. The van der Waals surface area contributed by atoms with Crippen LogP contribution in [0.3, 0.4) is 0 Å². The molecular formula is C19H23N3O3S. The average Bonchev–Trinajstić information content (AvgIpc) is 3.27. The fourth-order valence-electron chi connectivity index (χ4n) is 3.30. The van der Waals surface area contributed by atoms with E-state index in [2.05, 4.69) is 17.6 Å². The summed E-state index contributed by atoms with van der Waals surface area (Å²) in [5, 5.41) is 7.35. The van der Waals surface area contributed by atoms with Crippen LogP contribution in [0.25, 0.3) is 0 Å². The number of aryl methyl sites for hydroxylation is 2. The minimum Gasteiger partial charge on any atom is -0.454 e. The minimum atomic E-state index is -0.337. The molecule has 2 aliphatic rings. The Morgan fingerprint density at radius 2 is 2.00 bits per heavy atom. The molecule has 0 unspecified atom stereocenters. The van der Waals surface area contributed by atoms with Crippen LogP contribution in [0.2, 0.25) is 0 Å². The van der Waals surface area contributed by atoms with Gasteiger partial charge >= 0.3 is 0 Å². The van der Waals surface area contributed by atoms with Crippen molar-refractivity contribution in [2.24, 2.45) is 0 Å². The molecule has 7 heteroatoms. The molecule has 1 aromatic carbocycles. The van der Waals surface area contributed by atoms with E-state index >= 15 is 0 Å². The molecule has 0 bridgehead atoms. The standard InChI is InChI=1S/C19H23N3O3S/c1-11(18(23)21-13-7-8-15-16(9-13)25-10-24-15)20-12(2)19-22-14-5-3-4-6-17(14)26-19/h7-9,11-12,20H,3-6,10H2,1-2H3,(H,21,23)/t11-,12+/m1/s1. The van der Waals surface area contributed by atoms with Crippen LogP contribution >= 0.6 is 11.3 Å². The molecule has 1 aliphatic carbocycles. The van der Waals surface area contributed by atoms with Crippen molar-refractivity contribution in [2.45, 2.75) is 51.6 Å². The van der Waals surface area contributed by atoms with E-state index in [1.165, 1.54) is 23.4 Å². The van der Waals surface area contributed by atoms with E-state index in [4.69, 9.17) is 14.5 Å². The highest BCUT2D eigenvalue weighted by atomic mass is 32.1. The summed E-state index contributed by atoms with van der Waals surface area (Å²) in [4.78, 5) is 18.7. The number of hydrogen-bond acceptors (Lipinski definition) is 6. The highest BCUT2D eigenvalue weighted by Gasteiger charge is 2.22. The zero-order chi connectivity index (χ0) is 18.1. The number of nitrogens with zero attached hydrogens (tertiary/aromatic N) is 1. The Morgan fingerprint density at radius 1 is 1.19 bits per heavy atom. The number of ether oxygens (including phenoxy) is 2. The van der Waals surface area contributed by atoms with Gasteiger partial charge in [-0.05, 0) is 51.7 Å². The second kappa shape index (κ2) is 7.25. The molecule has 2 atom stereocenters. The maximum Gasteiger partial charge on any atom is 0.241 e. The molecule has 2 heterocycles. The van der Waals surface area contributed by atoms with Gasteiger partial charge in [0.15, 0.2) is 11.5 Å². The molecule has 0 radical (unpaired) electrons. The summed E-state index contributed by atoms with van der Waals surface area (Å²) in [5.41, 5.74) is 1.95. The molecular weight excluding hydrogens is 350 g/mol. The maximum atomic E-state index is 12.5. The van der Waals surface area contributed by atoms with Crippen LogP contribution in [0.4, 0.5) is 5.69 Å². The summed E-state index contributed by atoms with van der Waals surface area (Å²) in [6, 6.07) is 5.11. The van der Waals surface area contributed by atoms with E-state index in [0.29, 0.717) is 17.2 Å². The summed E-state index contributed by atoms with van der Waals surface area (Å²) >= 11 is 1.78. The predicted octanol–water partition coefficient (Wildman–Crippen LogP) is 3.43. The van der Waals surface area contributed by atoms with Gasteiger partial charge in [-0.1, -0.05) is 0 Å². The van der Waals surface area contributed by atoms with Crippen molar-refractivity contribution in [1.29, 1.82) is 0 Å². The molecule has 2 N–H and O–H groups in total. The first-order valence-electron chi connectivity index (χ1n) is 9.05. The molecule has 4 rings (SSSR count). The lowest BCUT2D eigenvalue weighted by molar-refractivity contribution is -0.117. The van der Waals surface area contributed by atoms with Gasteiger partial charge in [0.1, 0.15) is 5.01 Å². The number of hydrogen-bond donors (Lipinski definition) is 2. The van der Waals surface area contributed by atoms with Crippen molar-refractivity contribution in [3.05, 3.63) is 33.8 Å². The molecule has 26 heavy (non-hydrogen) atoms. The number of aromatic nitrogens is 1. The SMILES string of the molecule is C[C@H](N[C@H](C)C(=O)Nc1ccc2c(c1)OCO2)c1nc2c(s1)CCCC2. The zero-order valence-electron chi connectivity index (χ0n) is 15.0. The topological polar surface area (TPSA) is 72.5 Å². The van der Waals surface area contributed by atoms with Gasteiger partial charge in [-0.25, -0.2) is 4.98 Å². The number of carbonyl (C=O) groups excluding carboxylic acids is 1. The monoisotopic (exact) mass is 373 g/mol. The Hall–Kier alpha value is -2.12. The van der Waals surface area contributed by atoms with Crippen LogP contribution in [0.1, 0.15) is 48.3 Å². The number of amides is 1. The van der Waals surface area contributed by atoms with Gasteiger partial charge in [0.25, 0.3) is 0 Å². The molecule has 0 spiro atoms. The Kier molecular flexibility index (Phi) is 4.82. The van der Waals surface area contributed by atoms with Gasteiger partial charge in [-0.15, -0.1) is 11.3 Å². The van der Waals surface area contributed by atoms with Crippen molar-refractivity contribution in [2.75, 3.05) is 12.1 Å². The van der Waals surface area contributed by atoms with E-state index < -0.39 is 0 Å². The molecule has 138 valence electrons. The molecule has 1 aliphatic heterocycles. The van der Waals surface area contributed by atoms with Crippen molar-refractivity contribution in [3.8, 4) is 11.5 Å². The van der Waals surface area contributed by atoms with Gasteiger partial charge in [0.2, 0.25) is 12.7 Å². The number of benzene rings is 1. The highest BCUT2D eigenvalue weighted by Crippen LogP contribution is 2.34. The number of anilines is 1. The van der Waals surface area contributed by atoms with Crippen molar-refractivity contribution < 1.29 is 14.3 Å². The van der Waals surface area contributed by atoms with Crippen LogP contribution in [0.5, 0.6) is 11.5 Å². The first-order chi connectivity index (χ1) is 12.6. The third kappa shape index (κ3) is 3.54. The van der Waals surface area contributed by atoms with Gasteiger partial charge in [0, 0.05) is 16.6 Å². The van der Waals surface area contributed by atoms with Crippen molar-refractivity contribution in [1.82, 2.24) is 10.3 Å². The van der Waals surface area contributed by atoms with Crippen molar-refractivity contribution in [3.63, 3.8) is 0 Å². The lowest BCUT2D eigenvalue weighted by atomic mass is 10.0. The lowest BCUT2D eigenvalue weighted by Gasteiger charge is -2.18. The second-order valence-electron chi connectivity index (χ2n) is 6.80. The van der Waals surface area contributed by atoms with Gasteiger partial charge in [-0.2, -0.15) is 0 Å². The van der Waals surface area contributed by atoms with Crippen LogP contribution < -0.4 is 20.1 Å². The summed E-state index contributed by atoms with van der Waals surface area (Å²) in [6.07, 6.45) is 4.70. The molecule has 1 aromatic heterocycles. The number of rotatable bonds is 5. The average molecular weight is 373 g/mol. The van der Waals surface area contributed by atoms with E-state index in [0.717, 1.165) is 17.8 Å². The van der Waals surface area contributed by atoms with Gasteiger partial charge in [-0.3, -0.25) is 10.1 Å². The smallest absolute Gasteiger partial charge is 0.241 e. The lowest BCUT2D eigenvalue weighted by Crippen LogP contribution is -2.39. The Bertz CT molecular complexity index is 797. The van der Waals surface area contributed by atoms with Crippen molar-refractivity contribution >= 4 is 22.9 Å². The van der Waals surface area contributed by atoms with Gasteiger partial charge in [0.05, 0.1) is 17.8 Å². The quantitative estimate of drug-likeness (QED) is 0.840. The number of carbonyl (C=O) groups is 1. The molecule has 6 nitrogen and oxygen atoms in total. The van der Waals surface area contributed by atoms with Crippen LogP contribution in [0.15, 0.2) is 18.2 Å². The van der Waals surface area contributed by atoms with Crippen LogP contribution in [-0.2, 0) is 17.6 Å². The molecule has 1 amide bonds. The Labute approximate surface area is 156 Å². The van der Waals surface area contributed by atoms with E-state index in [1.54, 1.807) is 23.5 Å². The van der Waals surface area contributed by atoms with E-state index in [9.17, 15) is 4.79 Å². The first kappa shape index (κ1) is 17.3. The van der Waals surface area contributed by atoms with E-state index in [1.807, 2.05) is 13.0 Å². The number of thiazole rings is 1. The highest BCUT2D eigenvalue weighted by molar-refractivity contribution is 7.11. The number of fused-ring (bicyclic) bond motifs is 2. The Balaban J connectivity index is 1.37. The first-order valence-corrected chi connectivity index (χ1v) is 9.87. The Morgan fingerprint density at radius 3 is 2.85 bits per heavy atom. The minimum absolute atomic E-state index is 0.0445. The number of nitrogens with one attached hydrogen (secondary N) is 2. The summed E-state index contributed by atoms with van der Waals surface area (Å²) in [5.74, 6) is 1.28. The van der Waals surface area contributed by atoms with Crippen LogP contribution in [-0.4, -0.2) is 23.7 Å². The van der Waals surface area contributed by atoms with Gasteiger partial charge < -0.3 is 14.8 Å². The van der Waals surface area contributed by atoms with E-state index in [-0.39, 0.29) is 24.8 Å². The normalized spacial score (nSPS) is 17.5. The fraction of sp³-hybridized carbons (Fsp3) is 0.474. The second-order valence-corrected chi connectivity index (χ2v) is 7.91. The maximum absolute atomic E-state index is 12.5. The summed E-state index contributed by atoms with van der Waals surface area (Å²) in [6.45, 7) is 4.15. The zero-order valence-corrected chi connectivity index (χ0v) is 15.8. The van der Waals surface area contributed by atoms with Crippen LogP contribution in [0, 0.1) is 0 Å².